The summed E-state index contributed by atoms with van der Waals surface area (Å²) in [6.07, 6.45) is 0. The molecule has 22 heavy (non-hydrogen) atoms. The van der Waals surface area contributed by atoms with Gasteiger partial charge in [-0.2, -0.15) is 0 Å². The summed E-state index contributed by atoms with van der Waals surface area (Å²) in [7, 11) is 0. The fraction of sp³-hybridized carbons (Fsp3) is 0.0625. The summed E-state index contributed by atoms with van der Waals surface area (Å²) in [5, 5.41) is 0.718. The van der Waals surface area contributed by atoms with Crippen LogP contribution in [0.5, 0.6) is 5.75 Å². The van der Waals surface area contributed by atoms with E-state index in [1.165, 1.54) is 13.0 Å². The van der Waals surface area contributed by atoms with Crippen molar-refractivity contribution in [2.75, 3.05) is 0 Å². The monoisotopic (exact) mass is 315 g/mol. The van der Waals surface area contributed by atoms with Gasteiger partial charge in [-0.3, -0.25) is 4.79 Å². The highest BCUT2D eigenvalue weighted by atomic mass is 35.5. The van der Waals surface area contributed by atoms with E-state index in [1.807, 2.05) is 0 Å². The first kappa shape index (κ1) is 14.3. The van der Waals surface area contributed by atoms with E-state index in [1.54, 1.807) is 36.4 Å². The fourth-order valence-corrected chi connectivity index (χ4v) is 2.22. The average Bonchev–Trinajstić information content (AvgIpc) is 2.48. The second-order valence-electron chi connectivity index (χ2n) is 4.56. The Labute approximate surface area is 130 Å². The third-order valence-corrected chi connectivity index (χ3v) is 3.20. The van der Waals surface area contributed by atoms with E-state index in [0.717, 1.165) is 0 Å². The number of rotatable bonds is 2. The molecule has 0 aliphatic carbocycles. The third kappa shape index (κ3) is 2.71. The van der Waals surface area contributed by atoms with Gasteiger partial charge in [0.05, 0.1) is 16.5 Å². The Morgan fingerprint density at radius 2 is 2.00 bits per heavy atom. The lowest BCUT2D eigenvalue weighted by Crippen LogP contribution is -2.06. The van der Waals surface area contributed by atoms with E-state index in [-0.39, 0.29) is 11.6 Å². The molecular weight excluding hydrogens is 306 g/mol. The van der Waals surface area contributed by atoms with Gasteiger partial charge in [0.15, 0.2) is 0 Å². The number of hydrogen-bond acceptors (Lipinski definition) is 5. The first-order valence-corrected chi connectivity index (χ1v) is 6.80. The van der Waals surface area contributed by atoms with Gasteiger partial charge >= 0.3 is 11.6 Å². The molecule has 110 valence electrons. The number of fused-ring (bicyclic) bond motifs is 1. The molecule has 0 saturated carbocycles. The molecule has 3 rings (SSSR count). The summed E-state index contributed by atoms with van der Waals surface area (Å²) in [4.78, 5) is 27.5. The molecule has 0 amide bonds. The van der Waals surface area contributed by atoms with Crippen molar-refractivity contribution in [3.05, 3.63) is 57.9 Å². The first-order chi connectivity index (χ1) is 10.5. The highest BCUT2D eigenvalue weighted by molar-refractivity contribution is 6.31. The van der Waals surface area contributed by atoms with Crippen LogP contribution in [0.4, 0.5) is 0 Å². The summed E-state index contributed by atoms with van der Waals surface area (Å²) in [6, 6.07) is 11.5. The van der Waals surface area contributed by atoms with Gasteiger partial charge in [-0.15, -0.1) is 0 Å². The minimum atomic E-state index is -0.555. The van der Waals surface area contributed by atoms with Crippen molar-refractivity contribution in [1.82, 2.24) is 4.98 Å². The van der Waals surface area contributed by atoms with Crippen LogP contribution in [-0.4, -0.2) is 11.0 Å². The van der Waals surface area contributed by atoms with Crippen molar-refractivity contribution in [2.24, 2.45) is 0 Å². The van der Waals surface area contributed by atoms with Gasteiger partial charge < -0.3 is 9.15 Å². The zero-order valence-corrected chi connectivity index (χ0v) is 12.3. The van der Waals surface area contributed by atoms with Gasteiger partial charge in [0.2, 0.25) is 5.89 Å². The molecule has 0 spiro atoms. The van der Waals surface area contributed by atoms with Gasteiger partial charge in [-0.05, 0) is 30.3 Å². The number of halogens is 1. The number of aromatic nitrogens is 1. The second-order valence-corrected chi connectivity index (χ2v) is 4.99. The van der Waals surface area contributed by atoms with E-state index < -0.39 is 11.6 Å². The molecule has 1 aromatic heterocycles. The lowest BCUT2D eigenvalue weighted by Gasteiger charge is -2.07. The predicted octanol–water partition coefficient (Wildman–Crippen LogP) is 3.43. The maximum absolute atomic E-state index is 12.1. The molecule has 5 nitrogen and oxygen atoms in total. The van der Waals surface area contributed by atoms with Crippen molar-refractivity contribution in [3.8, 4) is 17.2 Å². The molecule has 0 N–H and O–H groups in total. The van der Waals surface area contributed by atoms with Crippen LogP contribution in [0.15, 0.2) is 51.7 Å². The van der Waals surface area contributed by atoms with Crippen LogP contribution in [0, 0.1) is 0 Å². The molecule has 0 aliphatic heterocycles. The molecular formula is C16H10ClNO4. The Bertz CT molecular complexity index is 933. The largest absolute Gasteiger partial charge is 0.426 e. The smallest absolute Gasteiger partial charge is 0.347 e. The Morgan fingerprint density at radius 3 is 2.77 bits per heavy atom. The summed E-state index contributed by atoms with van der Waals surface area (Å²) in [5.41, 5.74) is 0.319. The number of nitrogens with zero attached hydrogens (tertiary/aromatic N) is 1. The van der Waals surface area contributed by atoms with Crippen LogP contribution in [0.1, 0.15) is 6.92 Å². The second kappa shape index (κ2) is 5.61. The Morgan fingerprint density at radius 1 is 1.23 bits per heavy atom. The number of benzene rings is 2. The summed E-state index contributed by atoms with van der Waals surface area (Å²) >= 11 is 5.86. The number of carbonyl (C=O) groups is 1. The van der Waals surface area contributed by atoms with Crippen LogP contribution in [-0.2, 0) is 4.79 Å². The van der Waals surface area contributed by atoms with Gasteiger partial charge in [0.1, 0.15) is 5.75 Å². The van der Waals surface area contributed by atoms with Crippen molar-refractivity contribution in [3.63, 3.8) is 0 Å². The van der Waals surface area contributed by atoms with Crippen LogP contribution in [0.3, 0.4) is 0 Å². The summed E-state index contributed by atoms with van der Waals surface area (Å²) in [6.45, 7) is 1.29. The number of para-hydroxylation sites is 1. The van der Waals surface area contributed by atoms with Gasteiger partial charge in [-0.1, -0.05) is 23.7 Å². The summed E-state index contributed by atoms with van der Waals surface area (Å²) < 4.78 is 10.3. The standard InChI is InChI=1S/C16H10ClNO4/c1-9(19)21-14-5-3-2-4-11(14)15-18-13-7-6-10(17)8-12(13)16(20)22-15/h2-8H,1H3. The van der Waals surface area contributed by atoms with Gasteiger partial charge in [-0.25, -0.2) is 9.78 Å². The Kier molecular flexibility index (Phi) is 3.65. The van der Waals surface area contributed by atoms with Crippen molar-refractivity contribution < 1.29 is 13.9 Å². The highest BCUT2D eigenvalue weighted by Crippen LogP contribution is 2.29. The van der Waals surface area contributed by atoms with E-state index in [9.17, 15) is 9.59 Å². The van der Waals surface area contributed by atoms with E-state index in [4.69, 9.17) is 20.8 Å². The predicted molar refractivity (Wildman–Crippen MR) is 82.0 cm³/mol. The zero-order chi connectivity index (χ0) is 15.7. The minimum absolute atomic E-state index is 0.0803. The molecule has 3 aromatic rings. The summed E-state index contributed by atoms with van der Waals surface area (Å²) in [5.74, 6) is -0.113. The molecule has 0 bridgehead atoms. The lowest BCUT2D eigenvalue weighted by molar-refractivity contribution is -0.131. The maximum atomic E-state index is 12.1. The first-order valence-electron chi connectivity index (χ1n) is 6.43. The highest BCUT2D eigenvalue weighted by Gasteiger charge is 2.14. The van der Waals surface area contributed by atoms with Gasteiger partial charge in [0, 0.05) is 11.9 Å². The average molecular weight is 316 g/mol. The third-order valence-electron chi connectivity index (χ3n) is 2.96. The van der Waals surface area contributed by atoms with Crippen molar-refractivity contribution in [2.45, 2.75) is 6.92 Å². The molecule has 6 heteroatoms. The van der Waals surface area contributed by atoms with E-state index in [0.29, 0.717) is 21.5 Å². The molecule has 0 saturated heterocycles. The van der Waals surface area contributed by atoms with Gasteiger partial charge in [0.25, 0.3) is 0 Å². The zero-order valence-electron chi connectivity index (χ0n) is 11.5. The van der Waals surface area contributed by atoms with Crippen LogP contribution >= 0.6 is 11.6 Å². The molecule has 2 aromatic carbocycles. The SMILES string of the molecule is CC(=O)Oc1ccccc1-c1nc2ccc(Cl)cc2c(=O)o1. The Balaban J connectivity index is 2.21. The van der Waals surface area contributed by atoms with E-state index >= 15 is 0 Å². The fourth-order valence-electron chi connectivity index (χ4n) is 2.05. The minimum Gasteiger partial charge on any atom is -0.426 e. The van der Waals surface area contributed by atoms with E-state index in [2.05, 4.69) is 4.98 Å². The molecule has 0 aliphatic rings. The van der Waals surface area contributed by atoms with Crippen molar-refractivity contribution >= 4 is 28.5 Å². The Hall–Kier alpha value is -2.66. The maximum Gasteiger partial charge on any atom is 0.347 e. The number of ether oxygens (including phenoxy) is 1. The number of carbonyl (C=O) groups excluding carboxylic acids is 1. The molecule has 0 radical (unpaired) electrons. The molecule has 1 heterocycles. The molecule has 0 atom stereocenters. The number of esters is 1. The van der Waals surface area contributed by atoms with Crippen LogP contribution in [0.2, 0.25) is 5.02 Å². The number of hydrogen-bond donors (Lipinski definition) is 0. The normalized spacial score (nSPS) is 10.6. The van der Waals surface area contributed by atoms with Crippen LogP contribution in [0.25, 0.3) is 22.4 Å². The molecule has 0 fully saturated rings. The quantitative estimate of drug-likeness (QED) is 0.535. The topological polar surface area (TPSA) is 69.4 Å². The van der Waals surface area contributed by atoms with Crippen LogP contribution < -0.4 is 10.4 Å². The molecule has 0 unspecified atom stereocenters. The van der Waals surface area contributed by atoms with Crippen molar-refractivity contribution in [1.29, 1.82) is 0 Å². The lowest BCUT2D eigenvalue weighted by atomic mass is 10.2.